The largest absolute Gasteiger partial charge is 0.293 e. The van der Waals surface area contributed by atoms with Gasteiger partial charge in [-0.05, 0) is 19.4 Å². The van der Waals surface area contributed by atoms with Crippen LogP contribution >= 0.6 is 0 Å². The minimum atomic E-state index is -0.0833. The second-order valence-corrected chi connectivity index (χ2v) is 1.72. The highest BCUT2D eigenvalue weighted by Gasteiger charge is 2.12. The number of hydrogen-bond donors (Lipinski definition) is 1. The van der Waals surface area contributed by atoms with E-state index in [4.69, 9.17) is 0 Å². The van der Waals surface area contributed by atoms with Crippen LogP contribution in [-0.2, 0) is 0 Å². The molecule has 1 rings (SSSR count). The van der Waals surface area contributed by atoms with Gasteiger partial charge in [0, 0.05) is 0 Å². The van der Waals surface area contributed by atoms with Crippen LogP contribution < -0.4 is 5.32 Å². The SMILES string of the molecule is O=NC1CCCN1. The summed E-state index contributed by atoms with van der Waals surface area (Å²) in [6, 6.07) is 0. The normalized spacial score (nSPS) is 30.6. The van der Waals surface area contributed by atoms with Crippen LogP contribution in [0.2, 0.25) is 0 Å². The van der Waals surface area contributed by atoms with Crippen LogP contribution in [0, 0.1) is 4.91 Å². The third-order valence-corrected chi connectivity index (χ3v) is 1.16. The summed E-state index contributed by atoms with van der Waals surface area (Å²) >= 11 is 0. The fourth-order valence-corrected chi connectivity index (χ4v) is 0.756. The summed E-state index contributed by atoms with van der Waals surface area (Å²) in [6.07, 6.45) is 1.93. The van der Waals surface area contributed by atoms with Gasteiger partial charge in [-0.3, -0.25) is 5.32 Å². The number of nitroso groups, excluding NO2 is 1. The quantitative estimate of drug-likeness (QED) is 0.486. The van der Waals surface area contributed by atoms with Gasteiger partial charge in [-0.1, -0.05) is 5.18 Å². The van der Waals surface area contributed by atoms with Crippen molar-refractivity contribution in [2.75, 3.05) is 6.54 Å². The molecule has 1 atom stereocenters. The molecule has 7 heavy (non-hydrogen) atoms. The van der Waals surface area contributed by atoms with Gasteiger partial charge >= 0.3 is 0 Å². The van der Waals surface area contributed by atoms with E-state index in [2.05, 4.69) is 10.5 Å². The van der Waals surface area contributed by atoms with Crippen LogP contribution in [0.1, 0.15) is 12.8 Å². The van der Waals surface area contributed by atoms with Crippen molar-refractivity contribution >= 4 is 0 Å². The van der Waals surface area contributed by atoms with Gasteiger partial charge in [0.1, 0.15) is 6.17 Å². The van der Waals surface area contributed by atoms with Crippen LogP contribution in [0.4, 0.5) is 0 Å². The molecule has 0 aliphatic carbocycles. The average molecular weight is 100 g/mol. The minimum Gasteiger partial charge on any atom is -0.293 e. The summed E-state index contributed by atoms with van der Waals surface area (Å²) in [4.78, 5) is 9.69. The lowest BCUT2D eigenvalue weighted by Crippen LogP contribution is -2.17. The molecule has 1 aliphatic rings. The molecule has 3 nitrogen and oxygen atoms in total. The molecule has 0 amide bonds. The van der Waals surface area contributed by atoms with E-state index in [0.717, 1.165) is 19.4 Å². The molecule has 0 saturated carbocycles. The zero-order chi connectivity index (χ0) is 5.11. The molecule has 1 saturated heterocycles. The topological polar surface area (TPSA) is 41.5 Å². The van der Waals surface area contributed by atoms with Gasteiger partial charge in [-0.15, -0.1) is 4.91 Å². The summed E-state index contributed by atoms with van der Waals surface area (Å²) in [6.45, 7) is 0.955. The summed E-state index contributed by atoms with van der Waals surface area (Å²) in [7, 11) is 0. The Bertz CT molecular complexity index is 68.1. The Morgan fingerprint density at radius 2 is 2.57 bits per heavy atom. The number of rotatable bonds is 1. The van der Waals surface area contributed by atoms with Gasteiger partial charge in [0.15, 0.2) is 0 Å². The molecular formula is C4H8N2O. The zero-order valence-corrected chi connectivity index (χ0v) is 4.05. The highest BCUT2D eigenvalue weighted by Crippen LogP contribution is 2.03. The van der Waals surface area contributed by atoms with Crippen molar-refractivity contribution in [3.8, 4) is 0 Å². The van der Waals surface area contributed by atoms with Crippen LogP contribution in [-0.4, -0.2) is 12.7 Å². The molecule has 1 N–H and O–H groups in total. The van der Waals surface area contributed by atoms with E-state index in [1.807, 2.05) is 0 Å². The second-order valence-electron chi connectivity index (χ2n) is 1.72. The first-order chi connectivity index (χ1) is 3.43. The Hall–Kier alpha value is -0.440. The van der Waals surface area contributed by atoms with Crippen molar-refractivity contribution in [1.82, 2.24) is 5.32 Å². The van der Waals surface area contributed by atoms with E-state index in [1.54, 1.807) is 0 Å². The first kappa shape index (κ1) is 4.71. The van der Waals surface area contributed by atoms with Crippen LogP contribution in [0.25, 0.3) is 0 Å². The van der Waals surface area contributed by atoms with Crippen LogP contribution in [0.15, 0.2) is 5.18 Å². The molecule has 0 bridgehead atoms. The maximum absolute atomic E-state index is 9.69. The molecule has 0 spiro atoms. The summed E-state index contributed by atoms with van der Waals surface area (Å²) in [5.41, 5.74) is 0. The first-order valence-electron chi connectivity index (χ1n) is 2.49. The van der Waals surface area contributed by atoms with Crippen LogP contribution in [0.3, 0.4) is 0 Å². The Morgan fingerprint density at radius 3 is 2.86 bits per heavy atom. The lowest BCUT2D eigenvalue weighted by Gasteiger charge is -1.92. The van der Waals surface area contributed by atoms with Gasteiger partial charge in [-0.25, -0.2) is 0 Å². The molecule has 1 heterocycles. The van der Waals surface area contributed by atoms with E-state index in [-0.39, 0.29) is 6.17 Å². The number of nitrogens with zero attached hydrogens (tertiary/aromatic N) is 1. The first-order valence-corrected chi connectivity index (χ1v) is 2.49. The molecule has 0 aromatic carbocycles. The van der Waals surface area contributed by atoms with Crippen molar-refractivity contribution < 1.29 is 0 Å². The number of hydrogen-bond acceptors (Lipinski definition) is 3. The molecule has 1 aliphatic heterocycles. The summed E-state index contributed by atoms with van der Waals surface area (Å²) in [5, 5.41) is 5.75. The molecule has 0 radical (unpaired) electrons. The Balaban J connectivity index is 2.26. The summed E-state index contributed by atoms with van der Waals surface area (Å²) in [5.74, 6) is 0. The maximum atomic E-state index is 9.69. The smallest absolute Gasteiger partial charge is 0.142 e. The summed E-state index contributed by atoms with van der Waals surface area (Å²) < 4.78 is 0. The molecule has 40 valence electrons. The molecule has 0 aromatic rings. The van der Waals surface area contributed by atoms with E-state index in [9.17, 15) is 4.91 Å². The minimum absolute atomic E-state index is 0.0833. The average Bonchev–Trinajstić information content (AvgIpc) is 2.14. The molecule has 3 heteroatoms. The lowest BCUT2D eigenvalue weighted by atomic mass is 10.3. The predicted octanol–water partition coefficient (Wildman–Crippen LogP) is 0.462. The van der Waals surface area contributed by atoms with Crippen molar-refractivity contribution in [2.45, 2.75) is 19.0 Å². The number of nitrogens with one attached hydrogen (secondary N) is 1. The van der Waals surface area contributed by atoms with Gasteiger partial charge in [0.25, 0.3) is 0 Å². The van der Waals surface area contributed by atoms with E-state index >= 15 is 0 Å². The Labute approximate surface area is 42.1 Å². The highest BCUT2D eigenvalue weighted by molar-refractivity contribution is 4.69. The zero-order valence-electron chi connectivity index (χ0n) is 4.05. The highest BCUT2D eigenvalue weighted by atomic mass is 16.3. The van der Waals surface area contributed by atoms with Gasteiger partial charge < -0.3 is 0 Å². The third kappa shape index (κ3) is 0.962. The van der Waals surface area contributed by atoms with Crippen molar-refractivity contribution in [1.29, 1.82) is 0 Å². The fourth-order valence-electron chi connectivity index (χ4n) is 0.756. The molecule has 1 unspecified atom stereocenters. The second kappa shape index (κ2) is 2.02. The third-order valence-electron chi connectivity index (χ3n) is 1.16. The Morgan fingerprint density at radius 1 is 1.71 bits per heavy atom. The van der Waals surface area contributed by atoms with Crippen molar-refractivity contribution in [3.63, 3.8) is 0 Å². The van der Waals surface area contributed by atoms with E-state index in [0.29, 0.717) is 0 Å². The van der Waals surface area contributed by atoms with Crippen LogP contribution in [0.5, 0.6) is 0 Å². The lowest BCUT2D eigenvalue weighted by molar-refractivity contribution is 0.632. The van der Waals surface area contributed by atoms with Gasteiger partial charge in [0.05, 0.1) is 0 Å². The molecular weight excluding hydrogens is 92.1 g/mol. The van der Waals surface area contributed by atoms with Crippen molar-refractivity contribution in [3.05, 3.63) is 4.91 Å². The molecule has 1 fully saturated rings. The van der Waals surface area contributed by atoms with E-state index in [1.165, 1.54) is 0 Å². The monoisotopic (exact) mass is 100 g/mol. The molecule has 0 aromatic heterocycles. The predicted molar refractivity (Wildman–Crippen MR) is 26.8 cm³/mol. The standard InChI is InChI=1S/C4H8N2O/c7-6-4-2-1-3-5-4/h4-5H,1-3H2. The maximum Gasteiger partial charge on any atom is 0.142 e. The Kier molecular flexibility index (Phi) is 1.36. The van der Waals surface area contributed by atoms with E-state index < -0.39 is 0 Å². The van der Waals surface area contributed by atoms with Gasteiger partial charge in [0.2, 0.25) is 0 Å². The van der Waals surface area contributed by atoms with Gasteiger partial charge in [-0.2, -0.15) is 0 Å². The fraction of sp³-hybridized carbons (Fsp3) is 1.00. The van der Waals surface area contributed by atoms with Crippen molar-refractivity contribution in [2.24, 2.45) is 5.18 Å².